The number of hydrogen-bond acceptors (Lipinski definition) is 5. The first-order valence-electron chi connectivity index (χ1n) is 11.3. The molecular weight excluding hydrogens is 414 g/mol. The van der Waals surface area contributed by atoms with Gasteiger partial charge in [0.25, 0.3) is 0 Å². The molecule has 4 nitrogen and oxygen atoms in total. The highest BCUT2D eigenvalue weighted by Crippen LogP contribution is 2.29. The van der Waals surface area contributed by atoms with E-state index in [1.165, 1.54) is 35.7 Å². The third-order valence-electron chi connectivity index (χ3n) is 6.30. The number of hydrogen-bond donors (Lipinski definition) is 1. The predicted octanol–water partition coefficient (Wildman–Crippen LogP) is 6.36. The third kappa shape index (κ3) is 4.85. The SMILES string of the molecule is COC[C@H]1CCCN1CCc1ccc(Nc2nc(-c3ccc4ccccc4c3)cs2)cc1. The summed E-state index contributed by atoms with van der Waals surface area (Å²) in [5, 5.41) is 8.99. The molecule has 4 aromatic rings. The van der Waals surface area contributed by atoms with Crippen molar-refractivity contribution in [2.24, 2.45) is 0 Å². The Labute approximate surface area is 193 Å². The molecule has 0 radical (unpaired) electrons. The summed E-state index contributed by atoms with van der Waals surface area (Å²) >= 11 is 1.64. The molecule has 5 rings (SSSR count). The highest BCUT2D eigenvalue weighted by molar-refractivity contribution is 7.14. The Bertz CT molecular complexity index is 1170. The minimum atomic E-state index is 0.586. The maximum absolute atomic E-state index is 5.37. The summed E-state index contributed by atoms with van der Waals surface area (Å²) in [6, 6.07) is 24.3. The Hall–Kier alpha value is -2.73. The zero-order valence-corrected chi connectivity index (χ0v) is 19.3. The number of fused-ring (bicyclic) bond motifs is 1. The van der Waals surface area contributed by atoms with Crippen molar-refractivity contribution in [2.45, 2.75) is 25.3 Å². The van der Waals surface area contributed by atoms with Crippen LogP contribution in [-0.2, 0) is 11.2 Å². The van der Waals surface area contributed by atoms with Crippen LogP contribution in [0.1, 0.15) is 18.4 Å². The van der Waals surface area contributed by atoms with Crippen LogP contribution in [0.3, 0.4) is 0 Å². The zero-order chi connectivity index (χ0) is 21.8. The van der Waals surface area contributed by atoms with E-state index in [-0.39, 0.29) is 0 Å². The lowest BCUT2D eigenvalue weighted by Crippen LogP contribution is -2.34. The van der Waals surface area contributed by atoms with Gasteiger partial charge < -0.3 is 10.1 Å². The van der Waals surface area contributed by atoms with E-state index in [2.05, 4.69) is 82.3 Å². The Morgan fingerprint density at radius 3 is 2.75 bits per heavy atom. The number of likely N-dealkylation sites (tertiary alicyclic amines) is 1. The first-order valence-corrected chi connectivity index (χ1v) is 12.2. The molecule has 1 aliphatic rings. The van der Waals surface area contributed by atoms with Crippen LogP contribution < -0.4 is 5.32 Å². The average Bonchev–Trinajstić information content (AvgIpc) is 3.48. The topological polar surface area (TPSA) is 37.4 Å². The number of thiazole rings is 1. The number of benzene rings is 3. The number of methoxy groups -OCH3 is 1. The number of ether oxygens (including phenoxy) is 1. The fraction of sp³-hybridized carbons (Fsp3) is 0.296. The summed E-state index contributed by atoms with van der Waals surface area (Å²) in [5.41, 5.74) is 4.61. The summed E-state index contributed by atoms with van der Waals surface area (Å²) in [5.74, 6) is 0. The predicted molar refractivity (Wildman–Crippen MR) is 135 cm³/mol. The van der Waals surface area contributed by atoms with Crippen LogP contribution in [0.4, 0.5) is 10.8 Å². The monoisotopic (exact) mass is 443 g/mol. The second-order valence-electron chi connectivity index (χ2n) is 8.46. The lowest BCUT2D eigenvalue weighted by Gasteiger charge is -2.23. The van der Waals surface area contributed by atoms with Crippen molar-refractivity contribution in [2.75, 3.05) is 32.1 Å². The molecule has 0 bridgehead atoms. The molecule has 1 saturated heterocycles. The second-order valence-corrected chi connectivity index (χ2v) is 9.32. The summed E-state index contributed by atoms with van der Waals surface area (Å²) in [4.78, 5) is 7.38. The van der Waals surface area contributed by atoms with Crippen LogP contribution in [-0.4, -0.2) is 42.7 Å². The van der Waals surface area contributed by atoms with Crippen molar-refractivity contribution in [3.05, 3.63) is 77.7 Å². The van der Waals surface area contributed by atoms with Gasteiger partial charge in [-0.15, -0.1) is 11.3 Å². The van der Waals surface area contributed by atoms with Crippen LogP contribution >= 0.6 is 11.3 Å². The molecule has 2 heterocycles. The number of nitrogens with zero attached hydrogens (tertiary/aromatic N) is 2. The standard InChI is InChI=1S/C27H29N3OS/c1-31-18-25-7-4-15-30(25)16-14-20-8-12-24(13-9-20)28-27-29-26(19-32-27)23-11-10-21-5-2-3-6-22(21)17-23/h2-3,5-6,8-13,17,19,25H,4,7,14-16,18H2,1H3,(H,28,29)/t25-/m1/s1. The Morgan fingerprint density at radius 2 is 1.91 bits per heavy atom. The van der Waals surface area contributed by atoms with Crippen LogP contribution in [0, 0.1) is 0 Å². The van der Waals surface area contributed by atoms with Gasteiger partial charge in [-0.25, -0.2) is 4.98 Å². The number of anilines is 2. The molecule has 0 amide bonds. The molecule has 1 N–H and O–H groups in total. The van der Waals surface area contributed by atoms with Crippen molar-refractivity contribution in [3.63, 3.8) is 0 Å². The van der Waals surface area contributed by atoms with Gasteiger partial charge in [-0.2, -0.15) is 0 Å². The lowest BCUT2D eigenvalue weighted by atomic mass is 10.1. The fourth-order valence-electron chi connectivity index (χ4n) is 4.53. The van der Waals surface area contributed by atoms with E-state index in [1.54, 1.807) is 18.4 Å². The highest BCUT2D eigenvalue weighted by atomic mass is 32.1. The summed E-state index contributed by atoms with van der Waals surface area (Å²) in [7, 11) is 1.80. The molecule has 5 heteroatoms. The first kappa shape index (κ1) is 21.1. The van der Waals surface area contributed by atoms with Gasteiger partial charge in [0.05, 0.1) is 12.3 Å². The van der Waals surface area contributed by atoms with Crippen molar-refractivity contribution in [1.82, 2.24) is 9.88 Å². The summed E-state index contributed by atoms with van der Waals surface area (Å²) in [6.07, 6.45) is 3.61. The smallest absolute Gasteiger partial charge is 0.187 e. The second kappa shape index (κ2) is 9.82. The van der Waals surface area contributed by atoms with Crippen molar-refractivity contribution in [1.29, 1.82) is 0 Å². The summed E-state index contributed by atoms with van der Waals surface area (Å²) < 4.78 is 5.37. The van der Waals surface area contributed by atoms with Crippen LogP contribution in [0.2, 0.25) is 0 Å². The van der Waals surface area contributed by atoms with E-state index in [4.69, 9.17) is 9.72 Å². The molecule has 1 aromatic heterocycles. The van der Waals surface area contributed by atoms with Gasteiger partial charge in [0, 0.05) is 36.3 Å². The molecule has 0 unspecified atom stereocenters. The molecule has 1 atom stereocenters. The van der Waals surface area contributed by atoms with E-state index < -0.39 is 0 Å². The lowest BCUT2D eigenvalue weighted by molar-refractivity contribution is 0.116. The van der Waals surface area contributed by atoms with Crippen molar-refractivity contribution >= 4 is 32.9 Å². The maximum atomic E-state index is 5.37. The van der Waals surface area contributed by atoms with E-state index in [1.807, 2.05) is 0 Å². The summed E-state index contributed by atoms with van der Waals surface area (Å²) in [6.45, 7) is 3.14. The Morgan fingerprint density at radius 1 is 1.06 bits per heavy atom. The third-order valence-corrected chi connectivity index (χ3v) is 7.06. The Balaban J connectivity index is 1.20. The zero-order valence-electron chi connectivity index (χ0n) is 18.5. The van der Waals surface area contributed by atoms with Crippen LogP contribution in [0.15, 0.2) is 72.1 Å². The number of nitrogens with one attached hydrogen (secondary N) is 1. The van der Waals surface area contributed by atoms with Gasteiger partial charge >= 0.3 is 0 Å². The minimum absolute atomic E-state index is 0.586. The van der Waals surface area contributed by atoms with Gasteiger partial charge in [0.15, 0.2) is 5.13 Å². The molecule has 1 aliphatic heterocycles. The van der Waals surface area contributed by atoms with E-state index in [0.29, 0.717) is 6.04 Å². The number of rotatable bonds is 8. The molecule has 0 spiro atoms. The minimum Gasteiger partial charge on any atom is -0.383 e. The largest absolute Gasteiger partial charge is 0.383 e. The molecule has 164 valence electrons. The molecular formula is C27H29N3OS. The maximum Gasteiger partial charge on any atom is 0.187 e. The van der Waals surface area contributed by atoms with Gasteiger partial charge in [-0.3, -0.25) is 4.90 Å². The van der Waals surface area contributed by atoms with Crippen molar-refractivity contribution < 1.29 is 4.74 Å². The van der Waals surface area contributed by atoms with Gasteiger partial charge in [-0.05, 0) is 60.3 Å². The molecule has 0 aliphatic carbocycles. The van der Waals surface area contributed by atoms with E-state index in [0.717, 1.165) is 41.6 Å². The molecule has 3 aromatic carbocycles. The highest BCUT2D eigenvalue weighted by Gasteiger charge is 2.23. The van der Waals surface area contributed by atoms with Crippen LogP contribution in [0.25, 0.3) is 22.0 Å². The van der Waals surface area contributed by atoms with E-state index in [9.17, 15) is 0 Å². The Kier molecular flexibility index (Phi) is 6.49. The quantitative estimate of drug-likeness (QED) is 0.344. The van der Waals surface area contributed by atoms with Crippen molar-refractivity contribution in [3.8, 4) is 11.3 Å². The molecule has 0 saturated carbocycles. The van der Waals surface area contributed by atoms with Gasteiger partial charge in [0.1, 0.15) is 0 Å². The number of aromatic nitrogens is 1. The average molecular weight is 444 g/mol. The first-order chi connectivity index (χ1) is 15.8. The van der Waals surface area contributed by atoms with Gasteiger partial charge in [0.2, 0.25) is 0 Å². The van der Waals surface area contributed by atoms with Crippen LogP contribution in [0.5, 0.6) is 0 Å². The molecule has 1 fully saturated rings. The normalized spacial score (nSPS) is 16.6. The van der Waals surface area contributed by atoms with E-state index >= 15 is 0 Å². The van der Waals surface area contributed by atoms with Gasteiger partial charge in [-0.1, -0.05) is 48.5 Å². The fourth-order valence-corrected chi connectivity index (χ4v) is 5.27. The molecule has 32 heavy (non-hydrogen) atoms.